The van der Waals surface area contributed by atoms with Gasteiger partial charge in [-0.25, -0.2) is 9.97 Å². The highest BCUT2D eigenvalue weighted by Crippen LogP contribution is 2.28. The monoisotopic (exact) mass is 363 g/mol. The van der Waals surface area contributed by atoms with Gasteiger partial charge in [0.15, 0.2) is 0 Å². The first kappa shape index (κ1) is 17.5. The second-order valence-electron chi connectivity index (χ2n) is 7.00. The van der Waals surface area contributed by atoms with Crippen LogP contribution in [0, 0.1) is 6.92 Å². The molecule has 3 aromatic rings. The van der Waals surface area contributed by atoms with Crippen molar-refractivity contribution in [1.82, 2.24) is 24.5 Å². The van der Waals surface area contributed by atoms with Crippen molar-refractivity contribution in [2.45, 2.75) is 32.2 Å². The lowest BCUT2D eigenvalue weighted by atomic mass is 9.97. The third-order valence-electron chi connectivity index (χ3n) is 5.02. The third-order valence-corrected chi connectivity index (χ3v) is 5.02. The maximum Gasteiger partial charge on any atom is 0.227 e. The molecule has 140 valence electrons. The summed E-state index contributed by atoms with van der Waals surface area (Å²) in [5.74, 6) is 3.17. The Morgan fingerprint density at radius 1 is 1.19 bits per heavy atom. The summed E-state index contributed by atoms with van der Waals surface area (Å²) in [4.78, 5) is 20.4. The number of nitrogens with zero attached hydrogens (tertiary/aromatic N) is 6. The van der Waals surface area contributed by atoms with Crippen molar-refractivity contribution >= 4 is 11.8 Å². The number of pyridine rings is 1. The van der Waals surface area contributed by atoms with Crippen molar-refractivity contribution < 1.29 is 0 Å². The van der Waals surface area contributed by atoms with Gasteiger partial charge >= 0.3 is 0 Å². The molecule has 1 N–H and O–H groups in total. The lowest BCUT2D eigenvalue weighted by Gasteiger charge is -2.33. The first-order chi connectivity index (χ1) is 13.2. The van der Waals surface area contributed by atoms with Crippen LogP contribution in [0.15, 0.2) is 43.0 Å². The van der Waals surface area contributed by atoms with E-state index in [9.17, 15) is 0 Å². The second kappa shape index (κ2) is 7.73. The van der Waals surface area contributed by atoms with Crippen molar-refractivity contribution in [3.8, 4) is 0 Å². The molecule has 0 bridgehead atoms. The Morgan fingerprint density at radius 2 is 2.04 bits per heavy atom. The Kier molecular flexibility index (Phi) is 5.00. The van der Waals surface area contributed by atoms with Crippen LogP contribution >= 0.6 is 0 Å². The Labute approximate surface area is 159 Å². The van der Waals surface area contributed by atoms with Crippen LogP contribution in [0.25, 0.3) is 0 Å². The van der Waals surface area contributed by atoms with Gasteiger partial charge in [0.1, 0.15) is 11.6 Å². The first-order valence-corrected chi connectivity index (χ1v) is 9.41. The lowest BCUT2D eigenvalue weighted by molar-refractivity contribution is 0.471. The van der Waals surface area contributed by atoms with Crippen molar-refractivity contribution in [3.05, 3.63) is 60.1 Å². The summed E-state index contributed by atoms with van der Waals surface area (Å²) in [6.07, 6.45) is 9.88. The minimum absolute atomic E-state index is 0.373. The Balaban J connectivity index is 1.54. The molecule has 4 heterocycles. The van der Waals surface area contributed by atoms with Gasteiger partial charge in [-0.3, -0.25) is 4.98 Å². The van der Waals surface area contributed by atoms with Crippen LogP contribution in [-0.2, 0) is 6.54 Å². The summed E-state index contributed by atoms with van der Waals surface area (Å²) < 4.78 is 2.25. The number of aromatic nitrogens is 5. The van der Waals surface area contributed by atoms with Crippen molar-refractivity contribution in [3.63, 3.8) is 0 Å². The third kappa shape index (κ3) is 3.92. The van der Waals surface area contributed by atoms with E-state index >= 15 is 0 Å². The molecule has 1 aliphatic rings. The lowest BCUT2D eigenvalue weighted by Crippen LogP contribution is -2.36. The first-order valence-electron chi connectivity index (χ1n) is 9.41. The molecule has 0 radical (unpaired) electrons. The minimum atomic E-state index is 0.373. The van der Waals surface area contributed by atoms with Crippen LogP contribution in [0.5, 0.6) is 0 Å². The van der Waals surface area contributed by atoms with Crippen molar-refractivity contribution in [1.29, 1.82) is 0 Å². The van der Waals surface area contributed by atoms with E-state index in [1.165, 1.54) is 5.56 Å². The van der Waals surface area contributed by atoms with Crippen molar-refractivity contribution in [2.75, 3.05) is 30.4 Å². The van der Waals surface area contributed by atoms with Crippen LogP contribution in [0.4, 0.5) is 11.8 Å². The number of piperidine rings is 1. The topological polar surface area (TPSA) is 71.8 Å². The predicted octanol–water partition coefficient (Wildman–Crippen LogP) is 2.85. The number of imidazole rings is 1. The minimum Gasteiger partial charge on any atom is -0.373 e. The smallest absolute Gasteiger partial charge is 0.227 e. The fourth-order valence-corrected chi connectivity index (χ4v) is 3.69. The van der Waals surface area contributed by atoms with E-state index in [-0.39, 0.29) is 0 Å². The van der Waals surface area contributed by atoms with Gasteiger partial charge in [0.05, 0.1) is 0 Å². The standard InChI is InChI=1S/C20H25N7/c1-15-12-18(21-2)25-20(24-15)27-10-3-4-17(14-27)19-23-9-11-26(19)13-16-5-7-22-8-6-16/h5-9,11-12,17H,3-4,10,13-14H2,1-2H3,(H,21,24,25)/t17-/m0/s1. The molecule has 7 heteroatoms. The highest BCUT2D eigenvalue weighted by Gasteiger charge is 2.26. The molecule has 27 heavy (non-hydrogen) atoms. The normalized spacial score (nSPS) is 17.1. The molecule has 4 rings (SSSR count). The van der Waals surface area contributed by atoms with E-state index in [0.717, 1.165) is 55.8 Å². The molecule has 3 aromatic heterocycles. The maximum atomic E-state index is 4.68. The van der Waals surface area contributed by atoms with Crippen LogP contribution < -0.4 is 10.2 Å². The molecule has 1 aliphatic heterocycles. The highest BCUT2D eigenvalue weighted by atomic mass is 15.3. The summed E-state index contributed by atoms with van der Waals surface area (Å²) in [7, 11) is 1.89. The molecule has 1 fully saturated rings. The van der Waals surface area contributed by atoms with Gasteiger partial charge in [0, 0.05) is 69.1 Å². The summed E-state index contributed by atoms with van der Waals surface area (Å²) >= 11 is 0. The molecule has 1 saturated heterocycles. The number of anilines is 2. The molecule has 0 saturated carbocycles. The molecule has 0 aliphatic carbocycles. The SMILES string of the molecule is CNc1cc(C)nc(N2CCC[C@H](c3nccn3Cc3ccncc3)C2)n1. The molecule has 7 nitrogen and oxygen atoms in total. The number of hydrogen-bond acceptors (Lipinski definition) is 6. The van der Waals surface area contributed by atoms with Gasteiger partial charge in [-0.2, -0.15) is 4.98 Å². The van der Waals surface area contributed by atoms with Gasteiger partial charge in [-0.05, 0) is 37.5 Å². The summed E-state index contributed by atoms with van der Waals surface area (Å²) in [6, 6.07) is 6.07. The fourth-order valence-electron chi connectivity index (χ4n) is 3.69. The summed E-state index contributed by atoms with van der Waals surface area (Å²) in [6.45, 7) is 4.70. The molecule has 0 amide bonds. The Bertz CT molecular complexity index is 890. The van der Waals surface area contributed by atoms with Gasteiger partial charge in [-0.15, -0.1) is 0 Å². The molecule has 1 atom stereocenters. The van der Waals surface area contributed by atoms with Crippen LogP contribution in [0.3, 0.4) is 0 Å². The zero-order chi connectivity index (χ0) is 18.6. The highest BCUT2D eigenvalue weighted by molar-refractivity contribution is 5.43. The summed E-state index contributed by atoms with van der Waals surface area (Å²) in [5.41, 5.74) is 2.21. The summed E-state index contributed by atoms with van der Waals surface area (Å²) in [5, 5.41) is 3.12. The molecular formula is C20H25N7. The second-order valence-corrected chi connectivity index (χ2v) is 7.00. The fraction of sp³-hybridized carbons (Fsp3) is 0.400. The average molecular weight is 363 g/mol. The maximum absolute atomic E-state index is 4.68. The van der Waals surface area contributed by atoms with Gasteiger partial charge in [0.2, 0.25) is 5.95 Å². The number of nitrogens with one attached hydrogen (secondary N) is 1. The molecule has 0 unspecified atom stereocenters. The zero-order valence-corrected chi connectivity index (χ0v) is 15.8. The molecule has 0 spiro atoms. The van der Waals surface area contributed by atoms with Gasteiger partial charge < -0.3 is 14.8 Å². The van der Waals surface area contributed by atoms with Gasteiger partial charge in [-0.1, -0.05) is 0 Å². The quantitative estimate of drug-likeness (QED) is 0.752. The van der Waals surface area contributed by atoms with Crippen molar-refractivity contribution in [2.24, 2.45) is 0 Å². The van der Waals surface area contributed by atoms with Gasteiger partial charge in [0.25, 0.3) is 0 Å². The Hall–Kier alpha value is -2.96. The predicted molar refractivity (Wildman–Crippen MR) is 106 cm³/mol. The Morgan fingerprint density at radius 3 is 2.85 bits per heavy atom. The van der Waals surface area contributed by atoms with E-state index in [1.807, 2.05) is 38.6 Å². The zero-order valence-electron chi connectivity index (χ0n) is 15.8. The van der Waals surface area contributed by atoms with E-state index in [1.54, 1.807) is 0 Å². The van der Waals surface area contributed by atoms with E-state index in [2.05, 4.69) is 53.0 Å². The van der Waals surface area contributed by atoms with E-state index < -0.39 is 0 Å². The largest absolute Gasteiger partial charge is 0.373 e. The van der Waals surface area contributed by atoms with Crippen LogP contribution in [0.1, 0.15) is 35.8 Å². The molecule has 0 aromatic carbocycles. The molecular weight excluding hydrogens is 338 g/mol. The number of aryl methyl sites for hydroxylation is 1. The number of hydrogen-bond donors (Lipinski definition) is 1. The average Bonchev–Trinajstić information content (AvgIpc) is 3.16. The van der Waals surface area contributed by atoms with E-state index in [4.69, 9.17) is 0 Å². The van der Waals surface area contributed by atoms with Crippen LogP contribution in [0.2, 0.25) is 0 Å². The van der Waals surface area contributed by atoms with Crippen LogP contribution in [-0.4, -0.2) is 44.6 Å². The van der Waals surface area contributed by atoms with E-state index in [0.29, 0.717) is 5.92 Å². The number of rotatable bonds is 5.